The molecule has 1 heterocycles. The van der Waals surface area contributed by atoms with Crippen LogP contribution in [0.15, 0.2) is 16.6 Å². The van der Waals surface area contributed by atoms with E-state index in [0.29, 0.717) is 11.8 Å². The highest BCUT2D eigenvalue weighted by atomic mass is 79.9. The number of ether oxygens (including phenoxy) is 1. The van der Waals surface area contributed by atoms with E-state index in [4.69, 9.17) is 10.5 Å². The maximum Gasteiger partial charge on any atom is 0.125 e. The second-order valence-corrected chi connectivity index (χ2v) is 6.54. The van der Waals surface area contributed by atoms with Crippen LogP contribution in [0.2, 0.25) is 0 Å². The molecule has 2 nitrogen and oxygen atoms in total. The highest BCUT2D eigenvalue weighted by Crippen LogP contribution is 2.35. The van der Waals surface area contributed by atoms with Crippen molar-refractivity contribution in [2.24, 2.45) is 17.6 Å². The van der Waals surface area contributed by atoms with Crippen molar-refractivity contribution in [1.29, 1.82) is 0 Å². The largest absolute Gasteiger partial charge is 0.493 e. The van der Waals surface area contributed by atoms with E-state index < -0.39 is 0 Å². The van der Waals surface area contributed by atoms with Gasteiger partial charge in [-0.05, 0) is 48.4 Å². The summed E-state index contributed by atoms with van der Waals surface area (Å²) in [5.74, 6) is 2.18. The van der Waals surface area contributed by atoms with Crippen LogP contribution in [0.1, 0.15) is 31.9 Å². The van der Waals surface area contributed by atoms with E-state index >= 15 is 0 Å². The van der Waals surface area contributed by atoms with Crippen molar-refractivity contribution in [3.05, 3.63) is 27.7 Å². The van der Waals surface area contributed by atoms with Crippen LogP contribution in [0.25, 0.3) is 0 Å². The summed E-state index contributed by atoms with van der Waals surface area (Å²) in [6.07, 6.45) is 2.02. The molecule has 3 heteroatoms. The van der Waals surface area contributed by atoms with Gasteiger partial charge < -0.3 is 10.5 Å². The number of benzene rings is 1. The van der Waals surface area contributed by atoms with Crippen LogP contribution < -0.4 is 10.5 Å². The van der Waals surface area contributed by atoms with Gasteiger partial charge in [-0.1, -0.05) is 29.8 Å². The molecule has 2 atom stereocenters. The molecule has 0 spiro atoms. The number of hydrogen-bond donors (Lipinski definition) is 1. The molecule has 2 rings (SSSR count). The number of halogens is 1. The Morgan fingerprint density at radius 3 is 2.67 bits per heavy atom. The zero-order valence-electron chi connectivity index (χ0n) is 11.4. The zero-order valence-corrected chi connectivity index (χ0v) is 13.0. The van der Waals surface area contributed by atoms with Crippen molar-refractivity contribution in [3.8, 4) is 5.75 Å². The molecule has 0 radical (unpaired) electrons. The topological polar surface area (TPSA) is 35.2 Å². The van der Waals surface area contributed by atoms with E-state index in [-0.39, 0.29) is 6.04 Å². The summed E-state index contributed by atoms with van der Waals surface area (Å²) >= 11 is 3.59. The first-order chi connectivity index (χ1) is 8.49. The fourth-order valence-electron chi connectivity index (χ4n) is 2.78. The molecule has 1 aliphatic heterocycles. The fraction of sp³-hybridized carbons (Fsp3) is 0.600. The summed E-state index contributed by atoms with van der Waals surface area (Å²) in [6, 6.07) is 4.56. The number of hydrogen-bond acceptors (Lipinski definition) is 2. The predicted octanol–water partition coefficient (Wildman–Crippen LogP) is 3.55. The molecule has 100 valence electrons. The Bertz CT molecular complexity index is 421. The van der Waals surface area contributed by atoms with Gasteiger partial charge in [0.25, 0.3) is 0 Å². The van der Waals surface area contributed by atoms with Crippen LogP contribution in [-0.2, 0) is 12.8 Å². The first-order valence-electron chi connectivity index (χ1n) is 6.68. The molecule has 0 saturated carbocycles. The minimum Gasteiger partial charge on any atom is -0.493 e. The maximum atomic E-state index is 6.12. The van der Waals surface area contributed by atoms with Gasteiger partial charge in [-0.15, -0.1) is 0 Å². The number of nitrogens with two attached hydrogens (primary N) is 1. The Morgan fingerprint density at radius 2 is 2.06 bits per heavy atom. The first kappa shape index (κ1) is 13.9. The van der Waals surface area contributed by atoms with Crippen molar-refractivity contribution in [2.75, 3.05) is 6.61 Å². The van der Waals surface area contributed by atoms with Gasteiger partial charge in [0.1, 0.15) is 5.75 Å². The van der Waals surface area contributed by atoms with Crippen LogP contribution in [0.3, 0.4) is 0 Å². The highest BCUT2D eigenvalue weighted by Gasteiger charge is 2.23. The van der Waals surface area contributed by atoms with E-state index in [1.807, 2.05) is 0 Å². The van der Waals surface area contributed by atoms with E-state index in [2.05, 4.69) is 48.8 Å². The van der Waals surface area contributed by atoms with Crippen molar-refractivity contribution >= 4 is 15.9 Å². The Morgan fingerprint density at radius 1 is 1.33 bits per heavy atom. The molecule has 1 aliphatic rings. The van der Waals surface area contributed by atoms with Crippen LogP contribution >= 0.6 is 15.9 Å². The van der Waals surface area contributed by atoms with Gasteiger partial charge in [0.05, 0.1) is 6.61 Å². The van der Waals surface area contributed by atoms with Gasteiger partial charge in [0.15, 0.2) is 0 Å². The Kier molecular flexibility index (Phi) is 4.33. The van der Waals surface area contributed by atoms with Crippen molar-refractivity contribution in [1.82, 2.24) is 0 Å². The molecule has 1 aromatic carbocycles. The Labute approximate surface area is 118 Å². The average molecular weight is 312 g/mol. The van der Waals surface area contributed by atoms with Gasteiger partial charge in [0.2, 0.25) is 0 Å². The van der Waals surface area contributed by atoms with E-state index in [0.717, 1.165) is 29.7 Å². The molecular weight excluding hydrogens is 290 g/mol. The Hall–Kier alpha value is -0.540. The van der Waals surface area contributed by atoms with Gasteiger partial charge >= 0.3 is 0 Å². The molecule has 0 fully saturated rings. The lowest BCUT2D eigenvalue weighted by Crippen LogP contribution is -2.32. The molecule has 0 saturated heterocycles. The summed E-state index contributed by atoms with van der Waals surface area (Å²) in [7, 11) is 0. The number of rotatable bonds is 4. The Balaban J connectivity index is 2.28. The third-order valence-electron chi connectivity index (χ3n) is 3.81. The van der Waals surface area contributed by atoms with Gasteiger partial charge in [-0.2, -0.15) is 0 Å². The summed E-state index contributed by atoms with van der Waals surface area (Å²) in [5, 5.41) is 0. The van der Waals surface area contributed by atoms with Crippen LogP contribution in [-0.4, -0.2) is 12.6 Å². The second kappa shape index (κ2) is 5.62. The normalized spacial score (nSPS) is 17.4. The summed E-state index contributed by atoms with van der Waals surface area (Å²) in [6.45, 7) is 7.40. The quantitative estimate of drug-likeness (QED) is 0.923. The van der Waals surface area contributed by atoms with Crippen LogP contribution in [0.5, 0.6) is 5.75 Å². The van der Waals surface area contributed by atoms with Crippen molar-refractivity contribution in [2.45, 2.75) is 39.7 Å². The molecule has 0 amide bonds. The lowest BCUT2D eigenvalue weighted by molar-refractivity contribution is 0.317. The number of fused-ring (bicyclic) bond motifs is 1. The highest BCUT2D eigenvalue weighted by molar-refractivity contribution is 9.10. The predicted molar refractivity (Wildman–Crippen MR) is 79.0 cm³/mol. The van der Waals surface area contributed by atoms with Crippen LogP contribution in [0, 0.1) is 11.8 Å². The molecule has 2 N–H and O–H groups in total. The lowest BCUT2D eigenvalue weighted by Gasteiger charge is -2.25. The smallest absolute Gasteiger partial charge is 0.125 e. The summed E-state index contributed by atoms with van der Waals surface area (Å²) in [4.78, 5) is 0. The lowest BCUT2D eigenvalue weighted by atomic mass is 9.84. The molecule has 0 aromatic heterocycles. The fourth-order valence-corrected chi connectivity index (χ4v) is 3.33. The summed E-state index contributed by atoms with van der Waals surface area (Å²) in [5.41, 5.74) is 8.74. The van der Waals surface area contributed by atoms with Gasteiger partial charge in [0, 0.05) is 16.9 Å². The van der Waals surface area contributed by atoms with Crippen molar-refractivity contribution < 1.29 is 4.74 Å². The van der Waals surface area contributed by atoms with E-state index in [9.17, 15) is 0 Å². The zero-order chi connectivity index (χ0) is 13.3. The SMILES string of the molecule is CC(C)C(Cc1cc(Br)cc2c1OCC2)C(C)N. The minimum absolute atomic E-state index is 0.209. The molecule has 2 unspecified atom stereocenters. The van der Waals surface area contributed by atoms with E-state index in [1.54, 1.807) is 0 Å². The van der Waals surface area contributed by atoms with Gasteiger partial charge in [-0.3, -0.25) is 0 Å². The molecular formula is C15H22BrNO. The summed E-state index contributed by atoms with van der Waals surface area (Å²) < 4.78 is 6.93. The monoisotopic (exact) mass is 311 g/mol. The first-order valence-corrected chi connectivity index (χ1v) is 7.48. The van der Waals surface area contributed by atoms with E-state index in [1.165, 1.54) is 11.1 Å². The van der Waals surface area contributed by atoms with Crippen LogP contribution in [0.4, 0.5) is 0 Å². The molecule has 0 bridgehead atoms. The molecule has 0 aliphatic carbocycles. The standard InChI is InChI=1S/C15H22BrNO/c1-9(2)14(10(3)17)8-12-7-13(16)6-11-4-5-18-15(11)12/h6-7,9-10,14H,4-5,8,17H2,1-3H3. The minimum atomic E-state index is 0.209. The maximum absolute atomic E-state index is 6.12. The molecule has 18 heavy (non-hydrogen) atoms. The second-order valence-electron chi connectivity index (χ2n) is 5.62. The van der Waals surface area contributed by atoms with Gasteiger partial charge in [-0.25, -0.2) is 0 Å². The van der Waals surface area contributed by atoms with Crippen molar-refractivity contribution in [3.63, 3.8) is 0 Å². The molecule has 1 aromatic rings. The average Bonchev–Trinajstić information content (AvgIpc) is 2.72. The third kappa shape index (κ3) is 2.89. The third-order valence-corrected chi connectivity index (χ3v) is 4.27.